The molecule has 2 fully saturated rings. The number of carbonyl (C=O) groups excluding carboxylic acids is 1. The first-order chi connectivity index (χ1) is 16.1. The van der Waals surface area contributed by atoms with Gasteiger partial charge in [0, 0.05) is 43.8 Å². The lowest BCUT2D eigenvalue weighted by atomic mass is 10.2. The first kappa shape index (κ1) is 24.7. The number of likely N-dealkylation sites (N-methyl/N-ethyl adjacent to an activating group) is 1. The highest BCUT2D eigenvalue weighted by Gasteiger charge is 2.22. The molecule has 176 valence electrons. The molecule has 0 radical (unpaired) electrons. The van der Waals surface area contributed by atoms with Crippen LogP contribution in [0, 0.1) is 0 Å². The number of amides is 1. The predicted octanol–water partition coefficient (Wildman–Crippen LogP) is 4.10. The fourth-order valence-corrected chi connectivity index (χ4v) is 4.15. The van der Waals surface area contributed by atoms with E-state index in [1.807, 2.05) is 54.4 Å². The molecule has 1 unspecified atom stereocenters. The molecule has 6 nitrogen and oxygen atoms in total. The molecular weight excluding hydrogens is 412 g/mol. The van der Waals surface area contributed by atoms with Crippen molar-refractivity contribution in [2.45, 2.75) is 32.2 Å². The number of pyridine rings is 1. The van der Waals surface area contributed by atoms with Crippen molar-refractivity contribution in [2.75, 3.05) is 51.3 Å². The minimum Gasteiger partial charge on any atom is -0.494 e. The van der Waals surface area contributed by atoms with E-state index in [9.17, 15) is 4.79 Å². The van der Waals surface area contributed by atoms with Crippen LogP contribution in [0.3, 0.4) is 0 Å². The maximum atomic E-state index is 12.1. The molecule has 1 aromatic heterocycles. The third-order valence-electron chi connectivity index (χ3n) is 6.08. The lowest BCUT2D eigenvalue weighted by Gasteiger charge is -2.32. The standard InChI is InChI=1S/C19H29N3O2.C8H7N/c1-16-5-3-10-21(16)11-4-14-24-18-8-6-17(7-9-18)22-13-12-20(2)15-19(22)23;1-2-3-8-4-6-9-7-5-8/h6-9,16H,3-5,10-15H2,1-2H3;3-7H,1H2. The molecule has 0 aliphatic carbocycles. The molecule has 1 aromatic carbocycles. The van der Waals surface area contributed by atoms with Crippen molar-refractivity contribution >= 4 is 17.7 Å². The maximum Gasteiger partial charge on any atom is 0.241 e. The van der Waals surface area contributed by atoms with Crippen LogP contribution in [0.4, 0.5) is 5.69 Å². The van der Waals surface area contributed by atoms with E-state index >= 15 is 0 Å². The molecular formula is C27H36N4O2. The first-order valence-corrected chi connectivity index (χ1v) is 11.8. The van der Waals surface area contributed by atoms with E-state index in [4.69, 9.17) is 4.74 Å². The van der Waals surface area contributed by atoms with Crippen molar-refractivity contribution in [3.63, 3.8) is 0 Å². The molecule has 0 saturated carbocycles. The highest BCUT2D eigenvalue weighted by molar-refractivity contribution is 5.95. The van der Waals surface area contributed by atoms with Crippen molar-refractivity contribution in [2.24, 2.45) is 0 Å². The van der Waals surface area contributed by atoms with Crippen molar-refractivity contribution in [3.05, 3.63) is 66.7 Å². The summed E-state index contributed by atoms with van der Waals surface area (Å²) >= 11 is 0. The molecule has 0 N–H and O–H groups in total. The maximum absolute atomic E-state index is 12.1. The Bertz CT molecular complexity index is 909. The van der Waals surface area contributed by atoms with E-state index in [-0.39, 0.29) is 5.91 Å². The third kappa shape index (κ3) is 7.86. The van der Waals surface area contributed by atoms with Gasteiger partial charge in [-0.1, -0.05) is 6.58 Å². The number of hydrogen-bond acceptors (Lipinski definition) is 5. The summed E-state index contributed by atoms with van der Waals surface area (Å²) < 4.78 is 5.85. The molecule has 4 rings (SSSR count). The van der Waals surface area contributed by atoms with Crippen LogP contribution in [-0.4, -0.2) is 73.1 Å². The minimum atomic E-state index is 0.164. The number of piperazine rings is 1. The normalized spacial score (nSPS) is 18.9. The van der Waals surface area contributed by atoms with Crippen molar-refractivity contribution in [1.29, 1.82) is 0 Å². The minimum absolute atomic E-state index is 0.164. The SMILES string of the molecule is C=C=Cc1ccncc1.CC1CCCN1CCCOc1ccc(N2CCN(C)CC2=O)cc1. The molecule has 2 saturated heterocycles. The van der Waals surface area contributed by atoms with Gasteiger partial charge in [-0.3, -0.25) is 14.7 Å². The van der Waals surface area contributed by atoms with E-state index in [0.717, 1.165) is 55.7 Å². The molecule has 2 aliphatic rings. The molecule has 3 heterocycles. The van der Waals surface area contributed by atoms with Gasteiger partial charge >= 0.3 is 0 Å². The van der Waals surface area contributed by atoms with Crippen LogP contribution in [0.1, 0.15) is 31.7 Å². The summed E-state index contributed by atoms with van der Waals surface area (Å²) in [5.41, 5.74) is 4.73. The molecule has 1 amide bonds. The van der Waals surface area contributed by atoms with Gasteiger partial charge in [-0.2, -0.15) is 0 Å². The summed E-state index contributed by atoms with van der Waals surface area (Å²) in [4.78, 5) is 22.4. The number of nitrogens with zero attached hydrogens (tertiary/aromatic N) is 4. The number of ether oxygens (including phenoxy) is 1. The number of benzene rings is 1. The van der Waals surface area contributed by atoms with Crippen LogP contribution >= 0.6 is 0 Å². The highest BCUT2D eigenvalue weighted by atomic mass is 16.5. The molecule has 0 spiro atoms. The number of likely N-dealkylation sites (tertiary alicyclic amines) is 1. The number of carbonyl (C=O) groups is 1. The third-order valence-corrected chi connectivity index (χ3v) is 6.08. The Kier molecular flexibility index (Phi) is 9.70. The van der Waals surface area contributed by atoms with Gasteiger partial charge in [0.05, 0.1) is 13.2 Å². The molecule has 33 heavy (non-hydrogen) atoms. The van der Waals surface area contributed by atoms with Crippen LogP contribution in [0.5, 0.6) is 5.75 Å². The summed E-state index contributed by atoms with van der Waals surface area (Å²) in [6.07, 6.45) is 9.00. The number of anilines is 1. The van der Waals surface area contributed by atoms with E-state index < -0.39 is 0 Å². The predicted molar refractivity (Wildman–Crippen MR) is 135 cm³/mol. The molecule has 2 aromatic rings. The number of hydrogen-bond donors (Lipinski definition) is 0. The van der Waals surface area contributed by atoms with Gasteiger partial charge in [0.2, 0.25) is 5.91 Å². The van der Waals surface area contributed by atoms with E-state index in [1.54, 1.807) is 12.4 Å². The Hall–Kier alpha value is -2.92. The van der Waals surface area contributed by atoms with Gasteiger partial charge < -0.3 is 14.5 Å². The van der Waals surface area contributed by atoms with Crippen LogP contribution in [0.15, 0.2) is 61.1 Å². The van der Waals surface area contributed by atoms with Gasteiger partial charge in [-0.25, -0.2) is 0 Å². The quantitative estimate of drug-likeness (QED) is 0.472. The average Bonchev–Trinajstić information content (AvgIpc) is 3.23. The Morgan fingerprint density at radius 2 is 1.91 bits per heavy atom. The number of aromatic nitrogens is 1. The molecule has 0 bridgehead atoms. The summed E-state index contributed by atoms with van der Waals surface area (Å²) in [7, 11) is 1.98. The largest absolute Gasteiger partial charge is 0.494 e. The zero-order valence-electron chi connectivity index (χ0n) is 19.9. The van der Waals surface area contributed by atoms with E-state index in [2.05, 4.69) is 34.0 Å². The summed E-state index contributed by atoms with van der Waals surface area (Å²) in [6, 6.07) is 12.4. The first-order valence-electron chi connectivity index (χ1n) is 11.8. The fourth-order valence-electron chi connectivity index (χ4n) is 4.15. The van der Waals surface area contributed by atoms with Gasteiger partial charge in [-0.05, 0) is 87.8 Å². The van der Waals surface area contributed by atoms with Crippen molar-refractivity contribution in [3.8, 4) is 5.75 Å². The van der Waals surface area contributed by atoms with Crippen LogP contribution in [-0.2, 0) is 4.79 Å². The van der Waals surface area contributed by atoms with Gasteiger partial charge in [0.15, 0.2) is 0 Å². The second-order valence-corrected chi connectivity index (χ2v) is 8.64. The Morgan fingerprint density at radius 1 is 1.15 bits per heavy atom. The van der Waals surface area contributed by atoms with Crippen molar-refractivity contribution in [1.82, 2.24) is 14.8 Å². The fraction of sp³-hybridized carbons (Fsp3) is 0.444. The molecule has 1 atom stereocenters. The zero-order chi connectivity index (χ0) is 23.5. The molecule has 2 aliphatic heterocycles. The van der Waals surface area contributed by atoms with Crippen molar-refractivity contribution < 1.29 is 9.53 Å². The Morgan fingerprint density at radius 3 is 2.55 bits per heavy atom. The summed E-state index contributed by atoms with van der Waals surface area (Å²) in [6.45, 7) is 11.0. The second-order valence-electron chi connectivity index (χ2n) is 8.64. The lowest BCUT2D eigenvalue weighted by Crippen LogP contribution is -2.48. The van der Waals surface area contributed by atoms with E-state index in [1.165, 1.54) is 19.4 Å². The Labute approximate surface area is 198 Å². The second kappa shape index (κ2) is 12.9. The van der Waals surface area contributed by atoms with Crippen LogP contribution in [0.2, 0.25) is 0 Å². The van der Waals surface area contributed by atoms with Gasteiger partial charge in [0.25, 0.3) is 0 Å². The van der Waals surface area contributed by atoms with Gasteiger partial charge in [0.1, 0.15) is 5.75 Å². The highest BCUT2D eigenvalue weighted by Crippen LogP contribution is 2.21. The topological polar surface area (TPSA) is 48.9 Å². The monoisotopic (exact) mass is 448 g/mol. The average molecular weight is 449 g/mol. The lowest BCUT2D eigenvalue weighted by molar-refractivity contribution is -0.120. The van der Waals surface area contributed by atoms with Gasteiger partial charge in [-0.15, -0.1) is 5.73 Å². The molecule has 6 heteroatoms. The van der Waals surface area contributed by atoms with Crippen LogP contribution < -0.4 is 9.64 Å². The number of rotatable bonds is 7. The Balaban J connectivity index is 0.000000286. The summed E-state index contributed by atoms with van der Waals surface area (Å²) in [5.74, 6) is 1.05. The smallest absolute Gasteiger partial charge is 0.241 e. The van der Waals surface area contributed by atoms with Crippen LogP contribution in [0.25, 0.3) is 6.08 Å². The summed E-state index contributed by atoms with van der Waals surface area (Å²) in [5, 5.41) is 0. The zero-order valence-corrected chi connectivity index (χ0v) is 19.9. The van der Waals surface area contributed by atoms with E-state index in [0.29, 0.717) is 6.54 Å².